The number of benzene rings is 1. The van der Waals surface area contributed by atoms with Crippen molar-refractivity contribution in [2.45, 2.75) is 12.4 Å². The predicted octanol–water partition coefficient (Wildman–Crippen LogP) is -0.228. The number of aromatic carboxylic acids is 1. The third-order valence-corrected chi connectivity index (χ3v) is 2.70. The summed E-state index contributed by atoms with van der Waals surface area (Å²) >= 11 is 0. The minimum Gasteiger partial charge on any atom is -0.476 e. The van der Waals surface area contributed by atoms with Crippen LogP contribution in [0.2, 0.25) is 0 Å². The number of hydrogen-bond donors (Lipinski definition) is 3. The van der Waals surface area contributed by atoms with Crippen LogP contribution >= 0.6 is 0 Å². The standard InChI is InChI=1S/C11H12BN3O4/c16-11(17)9-7-15(14-13-9)10(12(18)19)6-8-4-2-1-3-5-8/h1-5,7,10,18-19H,6H2,(H,16,17). The summed E-state index contributed by atoms with van der Waals surface area (Å²) in [5.41, 5.74) is 0.645. The van der Waals surface area contributed by atoms with Gasteiger partial charge in [-0.1, -0.05) is 35.5 Å². The maximum absolute atomic E-state index is 10.7. The molecule has 0 saturated carbocycles. The predicted molar refractivity (Wildman–Crippen MR) is 66.4 cm³/mol. The van der Waals surface area contributed by atoms with E-state index in [1.54, 1.807) is 0 Å². The van der Waals surface area contributed by atoms with E-state index in [0.29, 0.717) is 6.42 Å². The molecular formula is C11H12BN3O4. The molecule has 2 aromatic rings. The Morgan fingerprint density at radius 2 is 2.00 bits per heavy atom. The molecule has 0 aliphatic carbocycles. The molecule has 0 aliphatic rings. The molecule has 1 atom stereocenters. The Balaban J connectivity index is 2.22. The minimum atomic E-state index is -1.66. The topological polar surface area (TPSA) is 108 Å². The Morgan fingerprint density at radius 1 is 1.32 bits per heavy atom. The maximum atomic E-state index is 10.7. The highest BCUT2D eigenvalue weighted by Gasteiger charge is 2.27. The van der Waals surface area contributed by atoms with Gasteiger partial charge >= 0.3 is 13.1 Å². The van der Waals surface area contributed by atoms with E-state index in [1.807, 2.05) is 30.3 Å². The second kappa shape index (κ2) is 5.64. The van der Waals surface area contributed by atoms with Crippen LogP contribution in [-0.2, 0) is 6.42 Å². The Morgan fingerprint density at radius 3 is 2.53 bits per heavy atom. The number of carbonyl (C=O) groups is 1. The van der Waals surface area contributed by atoms with Gasteiger partial charge in [0.05, 0.1) is 12.1 Å². The average Bonchev–Trinajstić information content (AvgIpc) is 2.86. The zero-order chi connectivity index (χ0) is 13.8. The van der Waals surface area contributed by atoms with Crippen molar-refractivity contribution in [3.63, 3.8) is 0 Å². The van der Waals surface area contributed by atoms with Crippen LogP contribution in [0.25, 0.3) is 0 Å². The number of carboxylic acid groups (broad SMARTS) is 1. The van der Waals surface area contributed by atoms with Crippen LogP contribution in [0.1, 0.15) is 22.0 Å². The Bertz CT molecular complexity index is 558. The highest BCUT2D eigenvalue weighted by atomic mass is 16.4. The molecule has 0 spiro atoms. The summed E-state index contributed by atoms with van der Waals surface area (Å²) in [5.74, 6) is -2.00. The first-order valence-electron chi connectivity index (χ1n) is 5.63. The van der Waals surface area contributed by atoms with Gasteiger partial charge in [0.15, 0.2) is 5.69 Å². The number of rotatable bonds is 5. The van der Waals surface area contributed by atoms with Gasteiger partial charge in [0, 0.05) is 0 Å². The SMILES string of the molecule is O=C(O)c1cn(C(Cc2ccccc2)B(O)O)nn1. The second-order valence-electron chi connectivity index (χ2n) is 4.06. The fourth-order valence-corrected chi connectivity index (χ4v) is 1.73. The molecule has 1 aromatic heterocycles. The maximum Gasteiger partial charge on any atom is 0.478 e. The zero-order valence-electron chi connectivity index (χ0n) is 9.92. The summed E-state index contributed by atoms with van der Waals surface area (Å²) < 4.78 is 1.15. The molecule has 98 valence electrons. The highest BCUT2D eigenvalue weighted by Crippen LogP contribution is 2.15. The molecule has 0 saturated heterocycles. The molecule has 1 unspecified atom stereocenters. The summed E-state index contributed by atoms with van der Waals surface area (Å²) in [6, 6.07) is 9.20. The molecule has 19 heavy (non-hydrogen) atoms. The molecule has 0 bridgehead atoms. The molecule has 1 heterocycles. The summed E-state index contributed by atoms with van der Waals surface area (Å²) in [6.45, 7) is 0. The normalized spacial score (nSPS) is 12.1. The number of hydrogen-bond acceptors (Lipinski definition) is 5. The lowest BCUT2D eigenvalue weighted by molar-refractivity contribution is 0.0690. The summed E-state index contributed by atoms with van der Waals surface area (Å²) in [6.07, 6.45) is 1.48. The number of aromatic nitrogens is 3. The van der Waals surface area contributed by atoms with E-state index in [-0.39, 0.29) is 5.69 Å². The first-order chi connectivity index (χ1) is 9.08. The van der Waals surface area contributed by atoms with Crippen molar-refractivity contribution in [3.8, 4) is 0 Å². The molecule has 0 amide bonds. The van der Waals surface area contributed by atoms with Crippen LogP contribution in [-0.4, -0.2) is 43.2 Å². The van der Waals surface area contributed by atoms with Gasteiger partial charge in [-0.3, -0.25) is 4.68 Å². The fraction of sp³-hybridized carbons (Fsp3) is 0.182. The van der Waals surface area contributed by atoms with E-state index in [2.05, 4.69) is 10.3 Å². The molecule has 3 N–H and O–H groups in total. The van der Waals surface area contributed by atoms with E-state index in [4.69, 9.17) is 5.11 Å². The van der Waals surface area contributed by atoms with Gasteiger partial charge in [-0.25, -0.2) is 4.79 Å². The minimum absolute atomic E-state index is 0.237. The van der Waals surface area contributed by atoms with Crippen molar-refractivity contribution < 1.29 is 19.9 Å². The fourth-order valence-electron chi connectivity index (χ4n) is 1.73. The summed E-state index contributed by atoms with van der Waals surface area (Å²) in [5, 5.41) is 34.6. The monoisotopic (exact) mass is 261 g/mol. The van der Waals surface area contributed by atoms with Crippen molar-refractivity contribution in [1.82, 2.24) is 15.0 Å². The first-order valence-corrected chi connectivity index (χ1v) is 5.63. The lowest BCUT2D eigenvalue weighted by Crippen LogP contribution is -2.31. The van der Waals surface area contributed by atoms with Crippen molar-refractivity contribution in [2.75, 3.05) is 0 Å². The van der Waals surface area contributed by atoms with Crippen molar-refractivity contribution in [3.05, 3.63) is 47.8 Å². The molecular weight excluding hydrogens is 249 g/mol. The van der Waals surface area contributed by atoms with E-state index in [9.17, 15) is 14.8 Å². The number of nitrogens with zero attached hydrogens (tertiary/aromatic N) is 3. The third-order valence-electron chi connectivity index (χ3n) is 2.70. The van der Waals surface area contributed by atoms with E-state index in [1.165, 1.54) is 6.20 Å². The summed E-state index contributed by atoms with van der Waals surface area (Å²) in [7, 11) is -1.66. The lowest BCUT2D eigenvalue weighted by atomic mass is 9.76. The molecule has 0 fully saturated rings. The van der Waals surface area contributed by atoms with E-state index in [0.717, 1.165) is 10.2 Å². The van der Waals surface area contributed by atoms with Crippen molar-refractivity contribution >= 4 is 13.1 Å². The Hall–Kier alpha value is -2.19. The first kappa shape index (κ1) is 13.3. The zero-order valence-corrected chi connectivity index (χ0v) is 9.92. The molecule has 8 heteroatoms. The lowest BCUT2D eigenvalue weighted by Gasteiger charge is -2.15. The van der Waals surface area contributed by atoms with Gasteiger partial charge in [-0.15, -0.1) is 5.10 Å². The van der Waals surface area contributed by atoms with Crippen LogP contribution in [0, 0.1) is 0 Å². The average molecular weight is 261 g/mol. The Labute approximate surface area is 109 Å². The smallest absolute Gasteiger partial charge is 0.476 e. The van der Waals surface area contributed by atoms with E-state index >= 15 is 0 Å². The molecule has 0 radical (unpaired) electrons. The van der Waals surface area contributed by atoms with Crippen LogP contribution in [0.3, 0.4) is 0 Å². The van der Waals surface area contributed by atoms with Crippen LogP contribution in [0.15, 0.2) is 36.5 Å². The highest BCUT2D eigenvalue weighted by molar-refractivity contribution is 6.42. The summed E-state index contributed by atoms with van der Waals surface area (Å²) in [4.78, 5) is 10.7. The van der Waals surface area contributed by atoms with Crippen LogP contribution in [0.4, 0.5) is 0 Å². The largest absolute Gasteiger partial charge is 0.478 e. The molecule has 2 rings (SSSR count). The Kier molecular flexibility index (Phi) is 3.93. The van der Waals surface area contributed by atoms with Gasteiger partial charge in [-0.2, -0.15) is 0 Å². The number of carboxylic acids is 1. The molecule has 7 nitrogen and oxygen atoms in total. The van der Waals surface area contributed by atoms with E-state index < -0.39 is 19.0 Å². The van der Waals surface area contributed by atoms with Gasteiger partial charge < -0.3 is 15.2 Å². The van der Waals surface area contributed by atoms with Gasteiger partial charge in [0.1, 0.15) is 0 Å². The quantitative estimate of drug-likeness (QED) is 0.641. The molecule has 1 aromatic carbocycles. The molecule has 0 aliphatic heterocycles. The van der Waals surface area contributed by atoms with Crippen molar-refractivity contribution in [1.29, 1.82) is 0 Å². The third kappa shape index (κ3) is 3.18. The second-order valence-corrected chi connectivity index (χ2v) is 4.06. The van der Waals surface area contributed by atoms with Crippen molar-refractivity contribution in [2.24, 2.45) is 0 Å². The van der Waals surface area contributed by atoms with Crippen LogP contribution in [0.5, 0.6) is 0 Å². The van der Waals surface area contributed by atoms with Crippen LogP contribution < -0.4 is 0 Å². The van der Waals surface area contributed by atoms with Gasteiger partial charge in [0.25, 0.3) is 0 Å². The van der Waals surface area contributed by atoms with Gasteiger partial charge in [-0.05, 0) is 12.0 Å². The van der Waals surface area contributed by atoms with Gasteiger partial charge in [0.2, 0.25) is 0 Å².